The van der Waals surface area contributed by atoms with Crippen LogP contribution in [0.4, 0.5) is 5.69 Å². The van der Waals surface area contributed by atoms with Gasteiger partial charge in [-0.3, -0.25) is 4.79 Å². The van der Waals surface area contributed by atoms with E-state index in [-0.39, 0.29) is 0 Å². The molecule has 2 heterocycles. The Morgan fingerprint density at radius 2 is 1.52 bits per heavy atom. The van der Waals surface area contributed by atoms with E-state index < -0.39 is 5.91 Å². The van der Waals surface area contributed by atoms with Gasteiger partial charge in [0.15, 0.2) is 0 Å². The number of benzene rings is 2. The van der Waals surface area contributed by atoms with E-state index in [9.17, 15) is 4.79 Å². The molecule has 4 N–H and O–H groups in total. The number of amides is 1. The van der Waals surface area contributed by atoms with Crippen molar-refractivity contribution < 1.29 is 4.79 Å². The number of carbonyl (C=O) groups excluding carboxylic acids is 1. The lowest BCUT2D eigenvalue weighted by Crippen LogP contribution is -2.13. The molecule has 4 aromatic rings. The Morgan fingerprint density at radius 3 is 2.33 bits per heavy atom. The molecule has 0 spiro atoms. The molecule has 0 radical (unpaired) electrons. The van der Waals surface area contributed by atoms with Crippen molar-refractivity contribution in [2.24, 2.45) is 5.73 Å². The highest BCUT2D eigenvalue weighted by Crippen LogP contribution is 2.32. The van der Waals surface area contributed by atoms with Crippen LogP contribution in [0.1, 0.15) is 10.4 Å². The predicted molar refractivity (Wildman–Crippen MR) is 108 cm³/mol. The third kappa shape index (κ3) is 3.47. The maximum Gasteiger partial charge on any atom is 0.250 e. The van der Waals surface area contributed by atoms with E-state index in [1.54, 1.807) is 18.2 Å². The summed E-state index contributed by atoms with van der Waals surface area (Å²) in [4.78, 5) is 21.1. The Morgan fingerprint density at radius 1 is 0.815 bits per heavy atom. The number of anilines is 1. The molecule has 2 aromatic carbocycles. The molecule has 6 heteroatoms. The number of pyridine rings is 2. The lowest BCUT2D eigenvalue weighted by molar-refractivity contribution is 0.100. The van der Waals surface area contributed by atoms with Gasteiger partial charge in [-0.15, -0.1) is 0 Å². The van der Waals surface area contributed by atoms with E-state index in [2.05, 4.69) is 9.97 Å². The fourth-order valence-electron chi connectivity index (χ4n) is 2.83. The van der Waals surface area contributed by atoms with Gasteiger partial charge in [-0.1, -0.05) is 54.2 Å². The number of carbonyl (C=O) groups is 1. The maximum absolute atomic E-state index is 11.8. The summed E-state index contributed by atoms with van der Waals surface area (Å²) in [5.41, 5.74) is 14.6. The van der Waals surface area contributed by atoms with Gasteiger partial charge in [0.25, 0.3) is 5.91 Å². The van der Waals surface area contributed by atoms with E-state index in [1.165, 1.54) is 11.8 Å². The normalized spacial score (nSPS) is 10.8. The van der Waals surface area contributed by atoms with Crippen LogP contribution in [0.25, 0.3) is 22.2 Å². The van der Waals surface area contributed by atoms with E-state index in [1.807, 2.05) is 54.6 Å². The maximum atomic E-state index is 11.8. The molecule has 27 heavy (non-hydrogen) atoms. The molecule has 0 fully saturated rings. The van der Waals surface area contributed by atoms with Crippen molar-refractivity contribution in [3.05, 3.63) is 78.4 Å². The summed E-state index contributed by atoms with van der Waals surface area (Å²) in [7, 11) is 0. The number of nitrogens with zero attached hydrogens (tertiary/aromatic N) is 2. The van der Waals surface area contributed by atoms with Crippen LogP contribution in [0.15, 0.2) is 82.8 Å². The van der Waals surface area contributed by atoms with E-state index in [4.69, 9.17) is 11.5 Å². The summed E-state index contributed by atoms with van der Waals surface area (Å²) in [5, 5.41) is 2.61. The average molecular weight is 372 g/mol. The summed E-state index contributed by atoms with van der Waals surface area (Å²) in [6, 6.07) is 22.6. The Labute approximate surface area is 160 Å². The summed E-state index contributed by atoms with van der Waals surface area (Å²) >= 11 is 1.42. The van der Waals surface area contributed by atoms with E-state index in [0.717, 1.165) is 15.9 Å². The van der Waals surface area contributed by atoms with Crippen LogP contribution in [0.3, 0.4) is 0 Å². The SMILES string of the molecule is NC(=O)c1ccc(Sc2ccc3ccccc3n2)nc1-c1ccccc1N. The van der Waals surface area contributed by atoms with Crippen molar-refractivity contribution in [1.29, 1.82) is 0 Å². The first-order valence-electron chi connectivity index (χ1n) is 8.31. The van der Waals surface area contributed by atoms with Crippen molar-refractivity contribution in [3.63, 3.8) is 0 Å². The number of para-hydroxylation sites is 2. The summed E-state index contributed by atoms with van der Waals surface area (Å²) in [6.07, 6.45) is 0. The Bertz CT molecular complexity index is 1160. The first-order valence-corrected chi connectivity index (χ1v) is 9.13. The highest BCUT2D eigenvalue weighted by molar-refractivity contribution is 7.99. The van der Waals surface area contributed by atoms with Crippen LogP contribution in [-0.4, -0.2) is 15.9 Å². The van der Waals surface area contributed by atoms with Crippen LogP contribution >= 0.6 is 11.8 Å². The number of primary amides is 1. The van der Waals surface area contributed by atoms with Crippen molar-refractivity contribution in [3.8, 4) is 11.3 Å². The number of nitrogens with two attached hydrogens (primary N) is 2. The second-order valence-corrected chi connectivity index (χ2v) is 6.98. The standard InChI is InChI=1S/C21H16N4OS/c22-16-7-3-2-6-14(16)20-15(21(23)26)10-12-19(25-20)27-18-11-9-13-5-1-4-8-17(13)24-18/h1-12H,22H2,(H2,23,26). The molecule has 5 nitrogen and oxygen atoms in total. The van der Waals surface area contributed by atoms with Crippen molar-refractivity contribution in [2.45, 2.75) is 10.1 Å². The van der Waals surface area contributed by atoms with E-state index in [0.29, 0.717) is 27.5 Å². The molecule has 0 unspecified atom stereocenters. The van der Waals surface area contributed by atoms with Gasteiger partial charge in [0, 0.05) is 16.6 Å². The monoisotopic (exact) mass is 372 g/mol. The van der Waals surface area contributed by atoms with Gasteiger partial charge < -0.3 is 11.5 Å². The molecular weight excluding hydrogens is 356 g/mol. The van der Waals surface area contributed by atoms with Gasteiger partial charge in [-0.05, 0) is 30.3 Å². The van der Waals surface area contributed by atoms with Crippen LogP contribution in [-0.2, 0) is 0 Å². The second-order valence-electron chi connectivity index (χ2n) is 5.94. The molecule has 2 aromatic heterocycles. The minimum Gasteiger partial charge on any atom is -0.398 e. The number of rotatable bonds is 4. The predicted octanol–water partition coefficient (Wildman–Crippen LogP) is 4.13. The molecule has 0 aliphatic heterocycles. The molecule has 0 aliphatic rings. The van der Waals surface area contributed by atoms with Gasteiger partial charge >= 0.3 is 0 Å². The number of hydrogen-bond donors (Lipinski definition) is 2. The quantitative estimate of drug-likeness (QED) is 0.525. The minimum absolute atomic E-state index is 0.337. The smallest absolute Gasteiger partial charge is 0.250 e. The highest BCUT2D eigenvalue weighted by Gasteiger charge is 2.15. The van der Waals surface area contributed by atoms with Crippen LogP contribution < -0.4 is 11.5 Å². The molecule has 4 rings (SSSR count). The lowest BCUT2D eigenvalue weighted by atomic mass is 10.0. The first kappa shape index (κ1) is 17.1. The Kier molecular flexibility index (Phi) is 4.48. The van der Waals surface area contributed by atoms with Crippen LogP contribution in [0, 0.1) is 0 Å². The zero-order valence-corrected chi connectivity index (χ0v) is 15.1. The molecule has 0 atom stereocenters. The fourth-order valence-corrected chi connectivity index (χ4v) is 3.59. The van der Waals surface area contributed by atoms with Crippen molar-refractivity contribution in [1.82, 2.24) is 9.97 Å². The van der Waals surface area contributed by atoms with Gasteiger partial charge in [-0.2, -0.15) is 0 Å². The summed E-state index contributed by atoms with van der Waals surface area (Å²) in [6.45, 7) is 0. The largest absolute Gasteiger partial charge is 0.398 e. The summed E-state index contributed by atoms with van der Waals surface area (Å²) < 4.78 is 0. The van der Waals surface area contributed by atoms with Gasteiger partial charge in [0.05, 0.1) is 16.8 Å². The molecule has 132 valence electrons. The third-order valence-electron chi connectivity index (χ3n) is 4.13. The van der Waals surface area contributed by atoms with Gasteiger partial charge in [-0.25, -0.2) is 9.97 Å². The van der Waals surface area contributed by atoms with E-state index >= 15 is 0 Å². The Hall–Kier alpha value is -3.38. The number of hydrogen-bond acceptors (Lipinski definition) is 5. The summed E-state index contributed by atoms with van der Waals surface area (Å²) in [5.74, 6) is -0.541. The molecular formula is C21H16N4OS. The molecule has 0 bridgehead atoms. The molecule has 0 aliphatic carbocycles. The number of nitrogen functional groups attached to an aromatic ring is 1. The molecule has 0 saturated carbocycles. The molecule has 0 saturated heterocycles. The second kappa shape index (κ2) is 7.09. The Balaban J connectivity index is 1.76. The zero-order valence-electron chi connectivity index (χ0n) is 14.3. The number of aromatic nitrogens is 2. The van der Waals surface area contributed by atoms with Crippen molar-refractivity contribution in [2.75, 3.05) is 5.73 Å². The fraction of sp³-hybridized carbons (Fsp3) is 0. The van der Waals surface area contributed by atoms with Crippen molar-refractivity contribution >= 4 is 34.3 Å². The topological polar surface area (TPSA) is 94.9 Å². The lowest BCUT2D eigenvalue weighted by Gasteiger charge is -2.11. The number of fused-ring (bicyclic) bond motifs is 1. The minimum atomic E-state index is -0.541. The first-order chi connectivity index (χ1) is 13.1. The average Bonchev–Trinajstić information content (AvgIpc) is 2.68. The highest BCUT2D eigenvalue weighted by atomic mass is 32.2. The van der Waals surface area contributed by atoms with Crippen LogP contribution in [0.5, 0.6) is 0 Å². The van der Waals surface area contributed by atoms with Crippen LogP contribution in [0.2, 0.25) is 0 Å². The van der Waals surface area contributed by atoms with Gasteiger partial charge in [0.2, 0.25) is 0 Å². The molecule has 1 amide bonds. The third-order valence-corrected chi connectivity index (χ3v) is 5.01. The zero-order chi connectivity index (χ0) is 18.8. The van der Waals surface area contributed by atoms with Gasteiger partial charge in [0.1, 0.15) is 10.1 Å².